The van der Waals surface area contributed by atoms with Crippen LogP contribution in [0.2, 0.25) is 0 Å². The van der Waals surface area contributed by atoms with Crippen molar-refractivity contribution in [1.29, 1.82) is 5.26 Å². The van der Waals surface area contributed by atoms with Crippen LogP contribution in [0.25, 0.3) is 0 Å². The van der Waals surface area contributed by atoms with Gasteiger partial charge < -0.3 is 14.8 Å². The Labute approximate surface area is 136 Å². The molecule has 1 N–H and O–H groups in total. The SMILES string of the molecule is CNC(=O)c1cn(Cc2ccccc2)cn1.N#CN1CCCC1. The first-order valence-corrected chi connectivity index (χ1v) is 7.65. The number of amides is 1. The fourth-order valence-electron chi connectivity index (χ4n) is 2.30. The van der Waals surface area contributed by atoms with Gasteiger partial charge in [-0.25, -0.2) is 4.98 Å². The molecular formula is C17H21N5O. The summed E-state index contributed by atoms with van der Waals surface area (Å²) in [7, 11) is 1.60. The van der Waals surface area contributed by atoms with Gasteiger partial charge in [0, 0.05) is 32.9 Å². The van der Waals surface area contributed by atoms with E-state index in [4.69, 9.17) is 5.26 Å². The molecule has 120 valence electrons. The van der Waals surface area contributed by atoms with E-state index in [1.54, 1.807) is 24.5 Å². The summed E-state index contributed by atoms with van der Waals surface area (Å²) in [6, 6.07) is 10.0. The van der Waals surface area contributed by atoms with Crippen LogP contribution in [-0.2, 0) is 6.54 Å². The van der Waals surface area contributed by atoms with Gasteiger partial charge in [0.15, 0.2) is 6.19 Å². The van der Waals surface area contributed by atoms with Crippen LogP contribution < -0.4 is 5.32 Å². The minimum Gasteiger partial charge on any atom is -0.354 e. The first-order chi connectivity index (χ1) is 11.2. The molecule has 0 saturated carbocycles. The minimum atomic E-state index is -0.160. The molecule has 0 spiro atoms. The lowest BCUT2D eigenvalue weighted by atomic mass is 10.2. The molecule has 1 fully saturated rings. The zero-order valence-electron chi connectivity index (χ0n) is 13.3. The maximum Gasteiger partial charge on any atom is 0.271 e. The van der Waals surface area contributed by atoms with Crippen LogP contribution >= 0.6 is 0 Å². The second kappa shape index (κ2) is 8.59. The van der Waals surface area contributed by atoms with Crippen molar-refractivity contribution >= 4 is 5.91 Å². The molecule has 1 aromatic heterocycles. The zero-order valence-corrected chi connectivity index (χ0v) is 13.3. The van der Waals surface area contributed by atoms with E-state index in [1.165, 1.54) is 18.4 Å². The van der Waals surface area contributed by atoms with Gasteiger partial charge in [0.05, 0.1) is 6.33 Å². The summed E-state index contributed by atoms with van der Waals surface area (Å²) in [5.74, 6) is -0.160. The summed E-state index contributed by atoms with van der Waals surface area (Å²) in [5, 5.41) is 10.8. The molecule has 1 saturated heterocycles. The fraction of sp³-hybridized carbons (Fsp3) is 0.353. The quantitative estimate of drug-likeness (QED) is 0.878. The average Bonchev–Trinajstić information content (AvgIpc) is 3.27. The van der Waals surface area contributed by atoms with Gasteiger partial charge in [-0.05, 0) is 18.4 Å². The van der Waals surface area contributed by atoms with E-state index in [0.717, 1.165) is 19.6 Å². The fourth-order valence-corrected chi connectivity index (χ4v) is 2.30. The second-order valence-electron chi connectivity index (χ2n) is 5.29. The summed E-state index contributed by atoms with van der Waals surface area (Å²) >= 11 is 0. The molecule has 1 aliphatic heterocycles. The first-order valence-electron chi connectivity index (χ1n) is 7.65. The number of rotatable bonds is 3. The first kappa shape index (κ1) is 16.6. The van der Waals surface area contributed by atoms with Crippen molar-refractivity contribution in [2.45, 2.75) is 19.4 Å². The van der Waals surface area contributed by atoms with E-state index in [-0.39, 0.29) is 5.91 Å². The van der Waals surface area contributed by atoms with Crippen molar-refractivity contribution in [3.05, 3.63) is 54.1 Å². The highest BCUT2D eigenvalue weighted by atomic mass is 16.1. The van der Waals surface area contributed by atoms with E-state index >= 15 is 0 Å². The van der Waals surface area contributed by atoms with Gasteiger partial charge in [-0.3, -0.25) is 4.79 Å². The van der Waals surface area contributed by atoms with Gasteiger partial charge in [-0.15, -0.1) is 0 Å². The maximum absolute atomic E-state index is 11.3. The summed E-state index contributed by atoms with van der Waals surface area (Å²) in [4.78, 5) is 17.1. The standard InChI is InChI=1S/C12H13N3O.C5H8N2/c1-13-12(16)11-8-15(9-14-11)7-10-5-3-2-4-6-10;6-5-7-3-1-2-4-7/h2-6,8-9H,7H2,1H3,(H,13,16);1-4H2. The van der Waals surface area contributed by atoms with Crippen LogP contribution in [-0.4, -0.2) is 40.5 Å². The lowest BCUT2D eigenvalue weighted by Crippen LogP contribution is -2.18. The van der Waals surface area contributed by atoms with Crippen LogP contribution in [0.4, 0.5) is 0 Å². The van der Waals surface area contributed by atoms with Crippen LogP contribution in [0, 0.1) is 11.5 Å². The number of hydrogen-bond acceptors (Lipinski definition) is 4. The Morgan fingerprint density at radius 3 is 2.57 bits per heavy atom. The van der Waals surface area contributed by atoms with Gasteiger partial charge in [0.25, 0.3) is 5.91 Å². The van der Waals surface area contributed by atoms with Crippen LogP contribution in [0.5, 0.6) is 0 Å². The smallest absolute Gasteiger partial charge is 0.271 e. The van der Waals surface area contributed by atoms with Gasteiger partial charge in [0.2, 0.25) is 0 Å². The summed E-state index contributed by atoms with van der Waals surface area (Å²) in [6.07, 6.45) is 7.91. The Hall–Kier alpha value is -2.81. The van der Waals surface area contributed by atoms with Gasteiger partial charge in [-0.1, -0.05) is 30.3 Å². The van der Waals surface area contributed by atoms with E-state index in [9.17, 15) is 4.79 Å². The lowest BCUT2D eigenvalue weighted by molar-refractivity contribution is 0.0958. The molecule has 0 atom stereocenters. The summed E-state index contributed by atoms with van der Waals surface area (Å²) in [5.41, 5.74) is 1.63. The maximum atomic E-state index is 11.3. The molecule has 2 aromatic rings. The summed E-state index contributed by atoms with van der Waals surface area (Å²) < 4.78 is 1.89. The molecule has 2 heterocycles. The van der Waals surface area contributed by atoms with Crippen LogP contribution in [0.3, 0.4) is 0 Å². The molecule has 23 heavy (non-hydrogen) atoms. The largest absolute Gasteiger partial charge is 0.354 e. The van der Waals surface area contributed by atoms with Crippen molar-refractivity contribution in [1.82, 2.24) is 19.8 Å². The molecule has 3 rings (SSSR count). The number of nitrogens with zero attached hydrogens (tertiary/aromatic N) is 4. The highest BCUT2D eigenvalue weighted by molar-refractivity contribution is 5.91. The molecule has 0 radical (unpaired) electrons. The van der Waals surface area contributed by atoms with Crippen LogP contribution in [0.15, 0.2) is 42.9 Å². The predicted molar refractivity (Wildman–Crippen MR) is 87.6 cm³/mol. The molecule has 0 aliphatic carbocycles. The molecule has 1 aliphatic rings. The summed E-state index contributed by atoms with van der Waals surface area (Å²) in [6.45, 7) is 2.69. The average molecular weight is 311 g/mol. The molecule has 6 nitrogen and oxygen atoms in total. The van der Waals surface area contributed by atoms with Crippen molar-refractivity contribution in [3.8, 4) is 6.19 Å². The van der Waals surface area contributed by atoms with E-state index in [1.807, 2.05) is 34.9 Å². The van der Waals surface area contributed by atoms with Gasteiger partial charge in [0.1, 0.15) is 5.69 Å². The molecular weight excluding hydrogens is 290 g/mol. The minimum absolute atomic E-state index is 0.160. The molecule has 0 bridgehead atoms. The predicted octanol–water partition coefficient (Wildman–Crippen LogP) is 1.85. The number of carbonyl (C=O) groups is 1. The molecule has 0 unspecified atom stereocenters. The number of likely N-dealkylation sites (tertiary alicyclic amines) is 1. The topological polar surface area (TPSA) is 74.0 Å². The second-order valence-corrected chi connectivity index (χ2v) is 5.29. The zero-order chi connectivity index (χ0) is 16.5. The number of nitrogens with one attached hydrogen (secondary N) is 1. The Bertz CT molecular complexity index is 653. The third-order valence-corrected chi connectivity index (χ3v) is 3.55. The molecule has 1 aromatic carbocycles. The third-order valence-electron chi connectivity index (χ3n) is 3.55. The van der Waals surface area contributed by atoms with Crippen molar-refractivity contribution < 1.29 is 4.79 Å². The van der Waals surface area contributed by atoms with Gasteiger partial charge in [-0.2, -0.15) is 5.26 Å². The van der Waals surface area contributed by atoms with E-state index in [0.29, 0.717) is 5.69 Å². The highest BCUT2D eigenvalue weighted by Crippen LogP contribution is 2.04. The van der Waals surface area contributed by atoms with E-state index in [2.05, 4.69) is 16.5 Å². The Balaban J connectivity index is 0.000000229. The number of aromatic nitrogens is 2. The Morgan fingerprint density at radius 2 is 2.00 bits per heavy atom. The Kier molecular flexibility index (Phi) is 6.18. The monoisotopic (exact) mass is 311 g/mol. The number of benzene rings is 1. The highest BCUT2D eigenvalue weighted by Gasteiger charge is 2.07. The molecule has 1 amide bonds. The van der Waals surface area contributed by atoms with E-state index < -0.39 is 0 Å². The van der Waals surface area contributed by atoms with Gasteiger partial charge >= 0.3 is 0 Å². The molecule has 6 heteroatoms. The van der Waals surface area contributed by atoms with Crippen molar-refractivity contribution in [2.75, 3.05) is 20.1 Å². The van der Waals surface area contributed by atoms with Crippen molar-refractivity contribution in [3.63, 3.8) is 0 Å². The van der Waals surface area contributed by atoms with Crippen LogP contribution in [0.1, 0.15) is 28.9 Å². The lowest BCUT2D eigenvalue weighted by Gasteiger charge is -2.01. The number of hydrogen-bond donors (Lipinski definition) is 1. The third kappa shape index (κ3) is 5.15. The number of nitriles is 1. The normalized spacial score (nSPS) is 13.0. The van der Waals surface area contributed by atoms with Crippen molar-refractivity contribution in [2.24, 2.45) is 0 Å². The number of imidazole rings is 1. The number of carbonyl (C=O) groups excluding carboxylic acids is 1. The Morgan fingerprint density at radius 1 is 1.30 bits per heavy atom.